The summed E-state index contributed by atoms with van der Waals surface area (Å²) in [7, 11) is 1.98. The lowest BCUT2D eigenvalue weighted by atomic mass is 10.3. The molecule has 22 heavy (non-hydrogen) atoms. The van der Waals surface area contributed by atoms with Crippen LogP contribution < -0.4 is 4.90 Å². The van der Waals surface area contributed by atoms with Gasteiger partial charge in [-0.15, -0.1) is 0 Å². The molecule has 0 aliphatic heterocycles. The fourth-order valence-corrected chi connectivity index (χ4v) is 2.30. The Morgan fingerprint density at radius 3 is 2.41 bits per heavy atom. The summed E-state index contributed by atoms with van der Waals surface area (Å²) in [6.45, 7) is 0. The Morgan fingerprint density at radius 2 is 1.68 bits per heavy atom. The molecule has 0 saturated carbocycles. The van der Waals surface area contributed by atoms with Crippen molar-refractivity contribution in [2.75, 3.05) is 11.9 Å². The van der Waals surface area contributed by atoms with E-state index in [1.54, 1.807) is 6.21 Å². The summed E-state index contributed by atoms with van der Waals surface area (Å²) in [6.07, 6.45) is 1.73. The van der Waals surface area contributed by atoms with Gasteiger partial charge >= 0.3 is 0 Å². The van der Waals surface area contributed by atoms with Gasteiger partial charge in [0.05, 0.1) is 11.9 Å². The normalized spacial score (nSPS) is 11.0. The van der Waals surface area contributed by atoms with Crippen molar-refractivity contribution in [1.82, 2.24) is 0 Å². The first-order chi connectivity index (χ1) is 10.7. The highest BCUT2D eigenvalue weighted by molar-refractivity contribution is 9.10. The van der Waals surface area contributed by atoms with Crippen LogP contribution in [0.4, 0.5) is 17.3 Å². The van der Waals surface area contributed by atoms with Gasteiger partial charge in [0.25, 0.3) is 0 Å². The van der Waals surface area contributed by atoms with E-state index in [2.05, 4.69) is 20.9 Å². The van der Waals surface area contributed by atoms with Crippen LogP contribution in [-0.4, -0.2) is 13.3 Å². The first-order valence-electron chi connectivity index (χ1n) is 6.90. The zero-order chi connectivity index (χ0) is 15.4. The molecule has 0 radical (unpaired) electrons. The van der Waals surface area contributed by atoms with Gasteiger partial charge in [0.1, 0.15) is 5.76 Å². The summed E-state index contributed by atoms with van der Waals surface area (Å²) < 4.78 is 6.85. The van der Waals surface area contributed by atoms with Crippen molar-refractivity contribution in [2.24, 2.45) is 4.99 Å². The average molecular weight is 355 g/mol. The number of nitrogens with zero attached hydrogens (tertiary/aromatic N) is 2. The summed E-state index contributed by atoms with van der Waals surface area (Å²) in [5.41, 5.74) is 1.96. The summed E-state index contributed by atoms with van der Waals surface area (Å²) in [6, 6.07) is 21.8. The summed E-state index contributed by atoms with van der Waals surface area (Å²) in [5.74, 6) is 1.50. The maximum Gasteiger partial charge on any atom is 0.200 e. The first kappa shape index (κ1) is 14.6. The molecule has 1 aromatic heterocycles. The number of furan rings is 1. The molecular formula is C18H15BrN2O. The predicted octanol–water partition coefficient (Wildman–Crippen LogP) is 5.56. The molecule has 0 unspecified atom stereocenters. The molecule has 0 spiro atoms. The molecule has 110 valence electrons. The molecular weight excluding hydrogens is 340 g/mol. The van der Waals surface area contributed by atoms with Crippen molar-refractivity contribution in [2.45, 2.75) is 0 Å². The number of anilines is 2. The fourth-order valence-electron chi connectivity index (χ4n) is 2.04. The molecule has 0 bridgehead atoms. The number of rotatable bonds is 4. The van der Waals surface area contributed by atoms with Crippen LogP contribution in [0.25, 0.3) is 0 Å². The van der Waals surface area contributed by atoms with Gasteiger partial charge in [-0.2, -0.15) is 0 Å². The topological polar surface area (TPSA) is 28.7 Å². The van der Waals surface area contributed by atoms with E-state index in [0.717, 1.165) is 27.5 Å². The second-order valence-corrected chi connectivity index (χ2v) is 5.72. The van der Waals surface area contributed by atoms with Gasteiger partial charge in [0.15, 0.2) is 5.88 Å². The van der Waals surface area contributed by atoms with Crippen LogP contribution in [0.2, 0.25) is 0 Å². The third-order valence-corrected chi connectivity index (χ3v) is 3.78. The van der Waals surface area contributed by atoms with Crippen molar-refractivity contribution in [3.05, 3.63) is 77.0 Å². The second kappa shape index (κ2) is 6.62. The Kier molecular flexibility index (Phi) is 4.39. The second-order valence-electron chi connectivity index (χ2n) is 4.81. The number of para-hydroxylation sites is 1. The largest absolute Gasteiger partial charge is 0.439 e. The molecule has 0 N–H and O–H groups in total. The average Bonchev–Trinajstić information content (AvgIpc) is 3.03. The van der Waals surface area contributed by atoms with Gasteiger partial charge in [-0.1, -0.05) is 34.1 Å². The zero-order valence-electron chi connectivity index (χ0n) is 12.1. The minimum atomic E-state index is 0.723. The monoisotopic (exact) mass is 354 g/mol. The van der Waals surface area contributed by atoms with Crippen molar-refractivity contribution in [3.63, 3.8) is 0 Å². The van der Waals surface area contributed by atoms with Crippen LogP contribution in [0, 0.1) is 0 Å². The van der Waals surface area contributed by atoms with Gasteiger partial charge in [0, 0.05) is 23.3 Å². The Labute approximate surface area is 138 Å². The number of hydrogen-bond donors (Lipinski definition) is 0. The van der Waals surface area contributed by atoms with Crippen molar-refractivity contribution in [3.8, 4) is 0 Å². The molecule has 0 saturated heterocycles. The van der Waals surface area contributed by atoms with Gasteiger partial charge in [-0.3, -0.25) is 4.99 Å². The molecule has 3 aromatic rings. The van der Waals surface area contributed by atoms with Gasteiger partial charge in [-0.05, 0) is 42.5 Å². The SMILES string of the molecule is CN(c1ccccc1)c1ccc(C=Nc2ccc(Br)cc2)o1. The third-order valence-electron chi connectivity index (χ3n) is 3.25. The van der Waals surface area contributed by atoms with E-state index in [1.807, 2.05) is 78.7 Å². The Bertz CT molecular complexity index is 763. The molecule has 0 fully saturated rings. The summed E-state index contributed by atoms with van der Waals surface area (Å²) >= 11 is 3.41. The van der Waals surface area contributed by atoms with Crippen LogP contribution in [0.15, 0.2) is 80.6 Å². The lowest BCUT2D eigenvalue weighted by Gasteiger charge is -2.15. The van der Waals surface area contributed by atoms with E-state index in [1.165, 1.54) is 0 Å². The van der Waals surface area contributed by atoms with E-state index >= 15 is 0 Å². The highest BCUT2D eigenvalue weighted by Crippen LogP contribution is 2.25. The van der Waals surface area contributed by atoms with Gasteiger partial charge in [-0.25, -0.2) is 0 Å². The number of halogens is 1. The quantitative estimate of drug-likeness (QED) is 0.573. The molecule has 4 heteroatoms. The minimum absolute atomic E-state index is 0.723. The molecule has 2 aromatic carbocycles. The fraction of sp³-hybridized carbons (Fsp3) is 0.0556. The van der Waals surface area contributed by atoms with Crippen LogP contribution >= 0.6 is 15.9 Å². The number of hydrogen-bond acceptors (Lipinski definition) is 3. The summed E-state index contributed by atoms with van der Waals surface area (Å²) in [5, 5.41) is 0. The van der Waals surface area contributed by atoms with Crippen molar-refractivity contribution >= 4 is 39.4 Å². The highest BCUT2D eigenvalue weighted by Gasteiger charge is 2.07. The van der Waals surface area contributed by atoms with E-state index in [-0.39, 0.29) is 0 Å². The van der Waals surface area contributed by atoms with E-state index in [9.17, 15) is 0 Å². The molecule has 3 rings (SSSR count). The predicted molar refractivity (Wildman–Crippen MR) is 94.6 cm³/mol. The zero-order valence-corrected chi connectivity index (χ0v) is 13.7. The third kappa shape index (κ3) is 3.46. The lowest BCUT2D eigenvalue weighted by Crippen LogP contribution is -2.07. The molecule has 3 nitrogen and oxygen atoms in total. The van der Waals surface area contributed by atoms with Crippen LogP contribution in [-0.2, 0) is 0 Å². The maximum absolute atomic E-state index is 5.81. The Hall–Kier alpha value is -2.33. The molecule has 0 amide bonds. The minimum Gasteiger partial charge on any atom is -0.439 e. The van der Waals surface area contributed by atoms with E-state index in [0.29, 0.717) is 0 Å². The van der Waals surface area contributed by atoms with Crippen LogP contribution in [0.5, 0.6) is 0 Å². The van der Waals surface area contributed by atoms with E-state index < -0.39 is 0 Å². The van der Waals surface area contributed by atoms with Crippen molar-refractivity contribution < 1.29 is 4.42 Å². The summed E-state index contributed by atoms with van der Waals surface area (Å²) in [4.78, 5) is 6.40. The first-order valence-corrected chi connectivity index (χ1v) is 7.70. The number of aliphatic imine (C=N–C) groups is 1. The van der Waals surface area contributed by atoms with Gasteiger partial charge in [0.2, 0.25) is 0 Å². The van der Waals surface area contributed by atoms with Crippen LogP contribution in [0.1, 0.15) is 5.76 Å². The van der Waals surface area contributed by atoms with Crippen molar-refractivity contribution in [1.29, 1.82) is 0 Å². The molecule has 0 aliphatic carbocycles. The smallest absolute Gasteiger partial charge is 0.200 e. The Morgan fingerprint density at radius 1 is 0.955 bits per heavy atom. The molecule has 1 heterocycles. The molecule has 0 aliphatic rings. The number of benzene rings is 2. The molecule has 0 atom stereocenters. The van der Waals surface area contributed by atoms with Crippen LogP contribution in [0.3, 0.4) is 0 Å². The van der Waals surface area contributed by atoms with E-state index in [4.69, 9.17) is 4.42 Å². The standard InChI is InChI=1S/C18H15BrN2O/c1-21(16-5-3-2-4-6-16)18-12-11-17(22-18)13-20-15-9-7-14(19)8-10-15/h2-13H,1H3. The highest BCUT2D eigenvalue weighted by atomic mass is 79.9. The lowest BCUT2D eigenvalue weighted by molar-refractivity contribution is 0.563. The van der Waals surface area contributed by atoms with Gasteiger partial charge < -0.3 is 9.32 Å². The Balaban J connectivity index is 1.75. The maximum atomic E-state index is 5.81.